The summed E-state index contributed by atoms with van der Waals surface area (Å²) in [6, 6.07) is 7.04. The number of hydrogen-bond donors (Lipinski definition) is 2. The van der Waals surface area contributed by atoms with E-state index in [1.807, 2.05) is 18.4 Å². The predicted octanol–water partition coefficient (Wildman–Crippen LogP) is 0.690. The number of thioether (sulfide) groups is 1. The largest absolute Gasteiger partial charge is 0.472 e. The summed E-state index contributed by atoms with van der Waals surface area (Å²) in [7, 11) is 0. The van der Waals surface area contributed by atoms with Crippen molar-refractivity contribution in [1.82, 2.24) is 30.2 Å². The molecule has 0 saturated heterocycles. The molecule has 0 radical (unpaired) electrons. The van der Waals surface area contributed by atoms with Crippen molar-refractivity contribution in [1.29, 1.82) is 0 Å². The van der Waals surface area contributed by atoms with Gasteiger partial charge in [-0.25, -0.2) is 9.89 Å². The second-order valence-electron chi connectivity index (χ2n) is 4.24. The fourth-order valence-corrected chi connectivity index (χ4v) is 2.59. The standard InChI is InChI=1S/C12H12N6O3S/c1-22-10-4-2-3-9(18-12(19)13-15-16-18)8(10)7-21-11-5-6-17(20)14-11/h2-6,20H,7H2,1H3,(H,13,16,19). The first-order chi connectivity index (χ1) is 10.7. The molecule has 2 N–H and O–H groups in total. The SMILES string of the molecule is CSc1cccc(-n2nn[nH]c2=O)c1COc1ccn(O)n1. The van der Waals surface area contributed by atoms with Crippen molar-refractivity contribution in [3.8, 4) is 11.6 Å². The molecule has 0 bridgehead atoms. The normalized spacial score (nSPS) is 10.8. The lowest BCUT2D eigenvalue weighted by Crippen LogP contribution is -2.18. The Morgan fingerprint density at radius 3 is 2.91 bits per heavy atom. The minimum Gasteiger partial charge on any atom is -0.472 e. The van der Waals surface area contributed by atoms with Crippen molar-refractivity contribution in [2.45, 2.75) is 11.5 Å². The van der Waals surface area contributed by atoms with Gasteiger partial charge in [-0.15, -0.1) is 16.6 Å². The molecule has 10 heteroatoms. The number of aromatic amines is 1. The van der Waals surface area contributed by atoms with Gasteiger partial charge in [0.25, 0.3) is 0 Å². The minimum atomic E-state index is -0.431. The number of rotatable bonds is 5. The fourth-order valence-electron chi connectivity index (χ4n) is 1.97. The van der Waals surface area contributed by atoms with Crippen molar-refractivity contribution < 1.29 is 9.94 Å². The van der Waals surface area contributed by atoms with Crippen LogP contribution in [0.25, 0.3) is 5.69 Å². The fraction of sp³-hybridized carbons (Fsp3) is 0.167. The molecule has 3 aromatic rings. The molecule has 3 rings (SSSR count). The number of H-pyrrole nitrogens is 1. The average molecular weight is 320 g/mol. The van der Waals surface area contributed by atoms with Gasteiger partial charge >= 0.3 is 5.69 Å². The molecule has 9 nitrogen and oxygen atoms in total. The van der Waals surface area contributed by atoms with E-state index >= 15 is 0 Å². The zero-order chi connectivity index (χ0) is 15.5. The minimum absolute atomic E-state index is 0.169. The van der Waals surface area contributed by atoms with E-state index in [4.69, 9.17) is 9.94 Å². The van der Waals surface area contributed by atoms with Crippen molar-refractivity contribution in [3.63, 3.8) is 0 Å². The number of ether oxygens (including phenoxy) is 1. The molecule has 2 aromatic heterocycles. The van der Waals surface area contributed by atoms with E-state index in [2.05, 4.69) is 20.6 Å². The molecule has 2 heterocycles. The van der Waals surface area contributed by atoms with Crippen LogP contribution in [0, 0.1) is 0 Å². The summed E-state index contributed by atoms with van der Waals surface area (Å²) in [5, 5.41) is 22.4. The monoisotopic (exact) mass is 320 g/mol. The van der Waals surface area contributed by atoms with E-state index in [0.717, 1.165) is 10.5 Å². The third-order valence-corrected chi connectivity index (χ3v) is 3.77. The summed E-state index contributed by atoms with van der Waals surface area (Å²) >= 11 is 1.52. The van der Waals surface area contributed by atoms with Crippen LogP contribution in [-0.2, 0) is 6.61 Å². The highest BCUT2D eigenvalue weighted by atomic mass is 32.2. The van der Waals surface area contributed by atoms with Crippen LogP contribution in [-0.4, -0.2) is 41.6 Å². The Balaban J connectivity index is 1.97. The number of tetrazole rings is 1. The lowest BCUT2D eigenvalue weighted by Gasteiger charge is -2.12. The van der Waals surface area contributed by atoms with Crippen LogP contribution in [0.3, 0.4) is 0 Å². The molecule has 0 aliphatic rings. The highest BCUT2D eigenvalue weighted by Crippen LogP contribution is 2.26. The van der Waals surface area contributed by atoms with Crippen molar-refractivity contribution in [3.05, 3.63) is 46.5 Å². The summed E-state index contributed by atoms with van der Waals surface area (Å²) in [6.07, 6.45) is 3.29. The van der Waals surface area contributed by atoms with Crippen LogP contribution in [0.4, 0.5) is 0 Å². The molecule has 0 spiro atoms. The highest BCUT2D eigenvalue weighted by Gasteiger charge is 2.14. The second kappa shape index (κ2) is 5.93. The quantitative estimate of drug-likeness (QED) is 0.525. The molecule has 22 heavy (non-hydrogen) atoms. The van der Waals surface area contributed by atoms with Crippen molar-refractivity contribution in [2.75, 3.05) is 6.26 Å². The van der Waals surface area contributed by atoms with Gasteiger partial charge in [0.05, 0.1) is 11.9 Å². The molecule has 114 valence electrons. The molecule has 0 amide bonds. The summed E-state index contributed by atoms with van der Waals surface area (Å²) in [5.41, 5.74) is 0.923. The maximum atomic E-state index is 11.7. The molecule has 0 aliphatic carbocycles. The summed E-state index contributed by atoms with van der Waals surface area (Å²) in [6.45, 7) is 0.169. The van der Waals surface area contributed by atoms with Crippen LogP contribution in [0.5, 0.6) is 5.88 Å². The van der Waals surface area contributed by atoms with Gasteiger partial charge in [-0.1, -0.05) is 11.2 Å². The Morgan fingerprint density at radius 2 is 2.27 bits per heavy atom. The van der Waals surface area contributed by atoms with E-state index in [1.54, 1.807) is 6.07 Å². The van der Waals surface area contributed by atoms with Crippen LogP contribution >= 0.6 is 11.8 Å². The number of benzene rings is 1. The summed E-state index contributed by atoms with van der Waals surface area (Å²) < 4.78 is 6.72. The molecule has 0 atom stereocenters. The predicted molar refractivity (Wildman–Crippen MR) is 77.5 cm³/mol. The van der Waals surface area contributed by atoms with Crippen LogP contribution in [0.2, 0.25) is 0 Å². The number of aromatic nitrogens is 6. The van der Waals surface area contributed by atoms with E-state index in [-0.39, 0.29) is 12.5 Å². The van der Waals surface area contributed by atoms with Crippen LogP contribution in [0.15, 0.2) is 40.2 Å². The Hall–Kier alpha value is -2.75. The first kappa shape index (κ1) is 14.2. The molecule has 0 saturated carbocycles. The van der Waals surface area contributed by atoms with Gasteiger partial charge in [-0.3, -0.25) is 0 Å². The Morgan fingerprint density at radius 1 is 1.41 bits per heavy atom. The summed E-state index contributed by atoms with van der Waals surface area (Å²) in [5.74, 6) is 0.275. The maximum Gasteiger partial charge on any atom is 0.365 e. The lowest BCUT2D eigenvalue weighted by molar-refractivity contribution is 0.141. The van der Waals surface area contributed by atoms with Gasteiger partial charge in [0, 0.05) is 16.5 Å². The van der Waals surface area contributed by atoms with E-state index < -0.39 is 5.69 Å². The van der Waals surface area contributed by atoms with Crippen LogP contribution < -0.4 is 10.4 Å². The Bertz CT molecular complexity index is 839. The molecule has 1 aromatic carbocycles. The van der Waals surface area contributed by atoms with E-state index in [9.17, 15) is 4.79 Å². The molecular formula is C12H12N6O3S. The van der Waals surface area contributed by atoms with Crippen molar-refractivity contribution in [2.24, 2.45) is 0 Å². The molecular weight excluding hydrogens is 308 g/mol. The Kier molecular flexibility index (Phi) is 3.83. The summed E-state index contributed by atoms with van der Waals surface area (Å²) in [4.78, 5) is 13.3. The second-order valence-corrected chi connectivity index (χ2v) is 5.09. The van der Waals surface area contributed by atoms with Crippen molar-refractivity contribution >= 4 is 11.8 Å². The maximum absolute atomic E-state index is 11.7. The van der Waals surface area contributed by atoms with E-state index in [0.29, 0.717) is 10.5 Å². The molecule has 0 aliphatic heterocycles. The molecule has 0 unspecified atom stereocenters. The van der Waals surface area contributed by atoms with Gasteiger partial charge in [0.1, 0.15) is 6.61 Å². The third kappa shape index (κ3) is 2.68. The first-order valence-electron chi connectivity index (χ1n) is 6.23. The number of nitrogens with zero attached hydrogens (tertiary/aromatic N) is 5. The third-order valence-electron chi connectivity index (χ3n) is 2.94. The zero-order valence-corrected chi connectivity index (χ0v) is 12.3. The first-order valence-corrected chi connectivity index (χ1v) is 7.46. The highest BCUT2D eigenvalue weighted by molar-refractivity contribution is 7.98. The smallest absolute Gasteiger partial charge is 0.365 e. The topological polar surface area (TPSA) is 111 Å². The van der Waals surface area contributed by atoms with Gasteiger partial charge in [0.2, 0.25) is 5.88 Å². The van der Waals surface area contributed by atoms with Gasteiger partial charge < -0.3 is 9.94 Å². The molecule has 0 fully saturated rings. The van der Waals surface area contributed by atoms with Gasteiger partial charge in [-0.2, -0.15) is 4.68 Å². The number of nitrogens with one attached hydrogen (secondary N) is 1. The van der Waals surface area contributed by atoms with Crippen LogP contribution in [0.1, 0.15) is 5.56 Å². The lowest BCUT2D eigenvalue weighted by atomic mass is 10.2. The average Bonchev–Trinajstić information content (AvgIpc) is 3.13. The van der Waals surface area contributed by atoms with Gasteiger partial charge in [-0.05, 0) is 28.8 Å². The Labute approximate surface area is 128 Å². The van der Waals surface area contributed by atoms with Gasteiger partial charge in [0.15, 0.2) is 0 Å². The van der Waals surface area contributed by atoms with E-state index in [1.165, 1.54) is 28.7 Å². The number of hydrogen-bond acceptors (Lipinski definition) is 7. The zero-order valence-electron chi connectivity index (χ0n) is 11.5.